The van der Waals surface area contributed by atoms with E-state index in [1.54, 1.807) is 18.7 Å². The molecule has 1 aromatic carbocycles. The van der Waals surface area contributed by atoms with Crippen LogP contribution in [0.15, 0.2) is 35.1 Å². The molecule has 1 heterocycles. The lowest BCUT2D eigenvalue weighted by atomic mass is 9.87. The number of hydrogen-bond acceptors (Lipinski definition) is 3. The number of ether oxygens (including phenoxy) is 1. The zero-order chi connectivity index (χ0) is 17.3. The van der Waals surface area contributed by atoms with Crippen molar-refractivity contribution in [3.63, 3.8) is 0 Å². The van der Waals surface area contributed by atoms with Crippen LogP contribution < -0.4 is 15.5 Å². The summed E-state index contributed by atoms with van der Waals surface area (Å²) in [5.74, 6) is 0.619. The van der Waals surface area contributed by atoms with E-state index in [4.69, 9.17) is 4.74 Å². The Morgan fingerprint density at radius 2 is 2.08 bits per heavy atom. The molecule has 0 saturated heterocycles. The summed E-state index contributed by atoms with van der Waals surface area (Å²) in [4.78, 5) is 24.4. The minimum atomic E-state index is -0.216. The van der Waals surface area contributed by atoms with Crippen LogP contribution in [0.1, 0.15) is 46.2 Å². The SMILES string of the molecule is COc1ccc2c(c1)CCC[C@@H]2NC(=O)c1cc(=O)cc(C)n1C. The zero-order valence-electron chi connectivity index (χ0n) is 14.3. The summed E-state index contributed by atoms with van der Waals surface area (Å²) in [5.41, 5.74) is 3.35. The molecule has 0 fully saturated rings. The van der Waals surface area contributed by atoms with Gasteiger partial charge in [-0.1, -0.05) is 6.07 Å². The second kappa shape index (κ2) is 6.51. The molecule has 2 aromatic rings. The number of fused-ring (bicyclic) bond motifs is 1. The number of methoxy groups -OCH3 is 1. The average molecular weight is 326 g/mol. The quantitative estimate of drug-likeness (QED) is 0.943. The smallest absolute Gasteiger partial charge is 0.268 e. The van der Waals surface area contributed by atoms with Crippen LogP contribution in [0, 0.1) is 6.92 Å². The molecule has 1 aliphatic rings. The van der Waals surface area contributed by atoms with Crippen LogP contribution in [0.2, 0.25) is 0 Å². The molecule has 0 saturated carbocycles. The van der Waals surface area contributed by atoms with Crippen molar-refractivity contribution in [2.24, 2.45) is 7.05 Å². The van der Waals surface area contributed by atoms with Gasteiger partial charge in [-0.05, 0) is 49.4 Å². The van der Waals surface area contributed by atoms with E-state index in [1.165, 1.54) is 17.7 Å². The van der Waals surface area contributed by atoms with Crippen molar-refractivity contribution >= 4 is 5.91 Å². The molecule has 24 heavy (non-hydrogen) atoms. The summed E-state index contributed by atoms with van der Waals surface area (Å²) in [6, 6.07) is 8.86. The third-order valence-electron chi connectivity index (χ3n) is 4.72. The lowest BCUT2D eigenvalue weighted by Gasteiger charge is -2.27. The van der Waals surface area contributed by atoms with E-state index in [2.05, 4.69) is 5.32 Å². The van der Waals surface area contributed by atoms with Crippen LogP contribution in [0.5, 0.6) is 5.75 Å². The lowest BCUT2D eigenvalue weighted by Crippen LogP contribution is -2.33. The summed E-state index contributed by atoms with van der Waals surface area (Å²) in [6.07, 6.45) is 2.89. The maximum atomic E-state index is 12.7. The van der Waals surface area contributed by atoms with Gasteiger partial charge in [-0.3, -0.25) is 9.59 Å². The largest absolute Gasteiger partial charge is 0.497 e. The molecular formula is C19H22N2O3. The molecule has 0 aliphatic heterocycles. The minimum Gasteiger partial charge on any atom is -0.497 e. The number of carbonyl (C=O) groups is 1. The molecule has 0 bridgehead atoms. The molecular weight excluding hydrogens is 304 g/mol. The van der Waals surface area contributed by atoms with Crippen molar-refractivity contribution in [1.82, 2.24) is 9.88 Å². The highest BCUT2D eigenvalue weighted by atomic mass is 16.5. The number of nitrogens with one attached hydrogen (secondary N) is 1. The van der Waals surface area contributed by atoms with Crippen molar-refractivity contribution in [3.8, 4) is 5.75 Å². The highest BCUT2D eigenvalue weighted by Gasteiger charge is 2.23. The van der Waals surface area contributed by atoms with Crippen LogP contribution in [0.3, 0.4) is 0 Å². The Hall–Kier alpha value is -2.56. The molecule has 1 aliphatic carbocycles. The lowest BCUT2D eigenvalue weighted by molar-refractivity contribution is 0.0923. The monoisotopic (exact) mass is 326 g/mol. The van der Waals surface area contributed by atoms with Crippen molar-refractivity contribution in [1.29, 1.82) is 0 Å². The third-order valence-corrected chi connectivity index (χ3v) is 4.72. The van der Waals surface area contributed by atoms with Gasteiger partial charge in [0, 0.05) is 24.9 Å². The van der Waals surface area contributed by atoms with E-state index in [0.717, 1.165) is 36.3 Å². The first-order valence-corrected chi connectivity index (χ1v) is 8.15. The van der Waals surface area contributed by atoms with Gasteiger partial charge >= 0.3 is 0 Å². The third kappa shape index (κ3) is 3.07. The van der Waals surface area contributed by atoms with E-state index in [9.17, 15) is 9.59 Å². The van der Waals surface area contributed by atoms with Crippen LogP contribution in [0.4, 0.5) is 0 Å². The number of hydrogen-bond donors (Lipinski definition) is 1. The van der Waals surface area contributed by atoms with E-state index in [0.29, 0.717) is 5.69 Å². The fourth-order valence-electron chi connectivity index (χ4n) is 3.28. The second-order valence-electron chi connectivity index (χ2n) is 6.26. The molecule has 1 atom stereocenters. The first kappa shape index (κ1) is 16.3. The summed E-state index contributed by atoms with van der Waals surface area (Å²) >= 11 is 0. The van der Waals surface area contributed by atoms with E-state index >= 15 is 0 Å². The number of nitrogens with zero attached hydrogens (tertiary/aromatic N) is 1. The van der Waals surface area contributed by atoms with Crippen LogP contribution in [0.25, 0.3) is 0 Å². The van der Waals surface area contributed by atoms with Crippen LogP contribution in [-0.4, -0.2) is 17.6 Å². The standard InChI is InChI=1S/C19H22N2O3/c1-12-9-14(22)11-18(21(12)2)19(23)20-17-6-4-5-13-10-15(24-3)7-8-16(13)17/h7-11,17H,4-6H2,1-3H3,(H,20,23)/t17-/m0/s1. The highest BCUT2D eigenvalue weighted by Crippen LogP contribution is 2.32. The topological polar surface area (TPSA) is 60.3 Å². The van der Waals surface area contributed by atoms with Gasteiger partial charge in [0.2, 0.25) is 0 Å². The number of amides is 1. The minimum absolute atomic E-state index is 0.0391. The van der Waals surface area contributed by atoms with E-state index in [-0.39, 0.29) is 17.4 Å². The first-order chi connectivity index (χ1) is 11.5. The van der Waals surface area contributed by atoms with Gasteiger partial charge in [0.25, 0.3) is 5.91 Å². The Bertz CT molecular complexity index is 839. The van der Waals surface area contributed by atoms with Crippen LogP contribution in [-0.2, 0) is 13.5 Å². The fourth-order valence-corrected chi connectivity index (χ4v) is 3.28. The molecule has 0 spiro atoms. The molecule has 0 radical (unpaired) electrons. The van der Waals surface area contributed by atoms with Gasteiger partial charge in [0.15, 0.2) is 5.43 Å². The van der Waals surface area contributed by atoms with Gasteiger partial charge < -0.3 is 14.6 Å². The number of benzene rings is 1. The average Bonchev–Trinajstić information content (AvgIpc) is 2.57. The summed E-state index contributed by atoms with van der Waals surface area (Å²) in [7, 11) is 3.45. The number of aryl methyl sites for hydroxylation is 2. The number of rotatable bonds is 3. The summed E-state index contributed by atoms with van der Waals surface area (Å²) in [6.45, 7) is 1.82. The molecule has 1 N–H and O–H groups in total. The number of aromatic nitrogens is 1. The van der Waals surface area contributed by atoms with Crippen molar-refractivity contribution in [2.45, 2.75) is 32.2 Å². The highest BCUT2D eigenvalue weighted by molar-refractivity contribution is 5.93. The van der Waals surface area contributed by atoms with Gasteiger partial charge in [0.1, 0.15) is 11.4 Å². The van der Waals surface area contributed by atoms with Crippen molar-refractivity contribution in [3.05, 3.63) is 63.1 Å². The van der Waals surface area contributed by atoms with Gasteiger partial charge in [-0.2, -0.15) is 0 Å². The van der Waals surface area contributed by atoms with Crippen molar-refractivity contribution < 1.29 is 9.53 Å². The Morgan fingerprint density at radius 1 is 1.29 bits per heavy atom. The molecule has 1 aromatic heterocycles. The van der Waals surface area contributed by atoms with Gasteiger partial charge in [0.05, 0.1) is 13.2 Å². The summed E-state index contributed by atoms with van der Waals surface area (Å²) < 4.78 is 7.03. The molecule has 126 valence electrons. The Labute approximate surface area is 141 Å². The Kier molecular flexibility index (Phi) is 4.42. The maximum absolute atomic E-state index is 12.7. The molecule has 3 rings (SSSR count). The molecule has 5 nitrogen and oxygen atoms in total. The molecule has 0 unspecified atom stereocenters. The van der Waals surface area contributed by atoms with Gasteiger partial charge in [-0.25, -0.2) is 0 Å². The summed E-state index contributed by atoms with van der Waals surface area (Å²) in [5, 5.41) is 3.08. The van der Waals surface area contributed by atoms with E-state index in [1.807, 2.05) is 25.1 Å². The van der Waals surface area contributed by atoms with E-state index < -0.39 is 0 Å². The number of carbonyl (C=O) groups excluding carboxylic acids is 1. The first-order valence-electron chi connectivity index (χ1n) is 8.15. The molecule has 1 amide bonds. The second-order valence-corrected chi connectivity index (χ2v) is 6.26. The maximum Gasteiger partial charge on any atom is 0.268 e. The molecule has 5 heteroatoms. The fraction of sp³-hybridized carbons (Fsp3) is 0.368. The predicted octanol–water partition coefficient (Wildman–Crippen LogP) is 2.51. The zero-order valence-corrected chi connectivity index (χ0v) is 14.3. The number of pyridine rings is 1. The Balaban J connectivity index is 1.88. The van der Waals surface area contributed by atoms with Crippen molar-refractivity contribution in [2.75, 3.05) is 7.11 Å². The van der Waals surface area contributed by atoms with Crippen LogP contribution >= 0.6 is 0 Å². The Morgan fingerprint density at radius 3 is 2.83 bits per heavy atom. The normalized spacial score (nSPS) is 16.4. The predicted molar refractivity (Wildman–Crippen MR) is 92.6 cm³/mol. The van der Waals surface area contributed by atoms with Gasteiger partial charge in [-0.15, -0.1) is 0 Å².